The van der Waals surface area contributed by atoms with E-state index >= 15 is 0 Å². The van der Waals surface area contributed by atoms with Crippen LogP contribution in [0.5, 0.6) is 5.75 Å². The van der Waals surface area contributed by atoms with Crippen molar-refractivity contribution in [1.82, 2.24) is 0 Å². The van der Waals surface area contributed by atoms with E-state index in [9.17, 15) is 4.79 Å². The molecule has 0 aromatic heterocycles. The minimum Gasteiger partial charge on any atom is -0.461 e. The van der Waals surface area contributed by atoms with Gasteiger partial charge in [0.2, 0.25) is 0 Å². The molecule has 5 nitrogen and oxygen atoms in total. The van der Waals surface area contributed by atoms with Gasteiger partial charge in [-0.2, -0.15) is 0 Å². The minimum absolute atomic E-state index is 0.165. The quantitative estimate of drug-likeness (QED) is 0.310. The van der Waals surface area contributed by atoms with Gasteiger partial charge in [-0.1, -0.05) is 43.7 Å². The molecular weight excluding hydrogens is 444 g/mol. The summed E-state index contributed by atoms with van der Waals surface area (Å²) in [5.41, 5.74) is 3.61. The number of anilines is 1. The zero-order chi connectivity index (χ0) is 24.3. The molecule has 0 spiro atoms. The van der Waals surface area contributed by atoms with E-state index in [4.69, 9.17) is 14.5 Å². The number of rotatable bonds is 9. The van der Waals surface area contributed by atoms with Crippen LogP contribution in [0.15, 0.2) is 65.0 Å². The van der Waals surface area contributed by atoms with Crippen molar-refractivity contribution in [2.24, 2.45) is 4.99 Å². The Labute approximate surface area is 207 Å². The molecule has 0 saturated heterocycles. The lowest BCUT2D eigenvalue weighted by molar-refractivity contribution is -0.152. The molecule has 0 N–H and O–H groups in total. The second kappa shape index (κ2) is 10.3. The molecule has 2 aromatic rings. The first-order valence-corrected chi connectivity index (χ1v) is 13.1. The zero-order valence-electron chi connectivity index (χ0n) is 20.8. The van der Waals surface area contributed by atoms with Gasteiger partial charge in [-0.25, -0.2) is 4.79 Å². The number of thioether (sulfide) groups is 1. The molecule has 1 aliphatic heterocycles. The third-order valence-electron chi connectivity index (χ3n) is 5.92. The van der Waals surface area contributed by atoms with Gasteiger partial charge in [-0.3, -0.25) is 4.99 Å². The first-order valence-electron chi connectivity index (χ1n) is 12.1. The van der Waals surface area contributed by atoms with Crippen LogP contribution in [0.25, 0.3) is 0 Å². The topological polar surface area (TPSA) is 51.1 Å². The SMILES string of the molecule is CCCc1cccc(C2=NC(C)(C(=O)OC(C)C)CS2)c1OC(=C1CC1)N(C)c1ccccc1. The Morgan fingerprint density at radius 2 is 1.88 bits per heavy atom. The number of carbonyl (C=O) groups is 1. The molecule has 1 atom stereocenters. The number of allylic oxidation sites excluding steroid dienone is 1. The number of para-hydroxylation sites is 2. The highest BCUT2D eigenvalue weighted by Gasteiger charge is 2.41. The third-order valence-corrected chi connectivity index (χ3v) is 7.21. The maximum Gasteiger partial charge on any atom is 0.334 e. The lowest BCUT2D eigenvalue weighted by atomic mass is 10.0. The van der Waals surface area contributed by atoms with Crippen molar-refractivity contribution >= 4 is 28.5 Å². The van der Waals surface area contributed by atoms with Crippen LogP contribution in [0.2, 0.25) is 0 Å². The minimum atomic E-state index is -0.888. The van der Waals surface area contributed by atoms with Crippen molar-refractivity contribution in [3.63, 3.8) is 0 Å². The summed E-state index contributed by atoms with van der Waals surface area (Å²) in [7, 11) is 2.05. The van der Waals surface area contributed by atoms with E-state index in [1.807, 2.05) is 39.0 Å². The Morgan fingerprint density at radius 1 is 1.15 bits per heavy atom. The number of esters is 1. The lowest BCUT2D eigenvalue weighted by Crippen LogP contribution is -2.37. The Morgan fingerprint density at radius 3 is 2.53 bits per heavy atom. The van der Waals surface area contributed by atoms with Gasteiger partial charge in [0.15, 0.2) is 11.4 Å². The Bertz CT molecular complexity index is 1100. The maximum absolute atomic E-state index is 12.7. The number of nitrogens with zero attached hydrogens (tertiary/aromatic N) is 2. The normalized spacial score (nSPS) is 19.1. The van der Waals surface area contributed by atoms with Crippen LogP contribution >= 0.6 is 11.8 Å². The summed E-state index contributed by atoms with van der Waals surface area (Å²) >= 11 is 1.59. The molecular formula is C28H34N2O3S. The van der Waals surface area contributed by atoms with Gasteiger partial charge < -0.3 is 14.4 Å². The number of hydrogen-bond donors (Lipinski definition) is 0. The summed E-state index contributed by atoms with van der Waals surface area (Å²) in [6, 6.07) is 16.5. The van der Waals surface area contributed by atoms with Crippen molar-refractivity contribution in [3.8, 4) is 5.75 Å². The van der Waals surface area contributed by atoms with E-state index in [2.05, 4.69) is 49.2 Å². The Balaban J connectivity index is 1.71. The number of benzene rings is 2. The second-order valence-corrected chi connectivity index (χ2v) is 10.3. The van der Waals surface area contributed by atoms with Gasteiger partial charge >= 0.3 is 5.97 Å². The van der Waals surface area contributed by atoms with Gasteiger partial charge in [0.1, 0.15) is 10.8 Å². The number of ether oxygens (including phenoxy) is 2. The Hall–Kier alpha value is -2.73. The average molecular weight is 479 g/mol. The molecule has 180 valence electrons. The predicted octanol–water partition coefficient (Wildman–Crippen LogP) is 6.36. The smallest absolute Gasteiger partial charge is 0.334 e. The number of aliphatic imine (C=N–C) groups is 1. The van der Waals surface area contributed by atoms with Gasteiger partial charge in [-0.05, 0) is 69.4 Å². The summed E-state index contributed by atoms with van der Waals surface area (Å²) in [6.45, 7) is 7.76. The van der Waals surface area contributed by atoms with E-state index in [1.54, 1.807) is 11.8 Å². The summed E-state index contributed by atoms with van der Waals surface area (Å²) in [4.78, 5) is 19.7. The third kappa shape index (κ3) is 5.33. The Kier molecular flexibility index (Phi) is 7.36. The molecule has 0 amide bonds. The second-order valence-electron chi connectivity index (χ2n) is 9.38. The van der Waals surface area contributed by atoms with Crippen LogP contribution in [0.4, 0.5) is 5.69 Å². The lowest BCUT2D eigenvalue weighted by Gasteiger charge is -2.25. The van der Waals surface area contributed by atoms with Crippen LogP contribution in [0.1, 0.15) is 58.1 Å². The van der Waals surface area contributed by atoms with Crippen LogP contribution < -0.4 is 9.64 Å². The highest BCUT2D eigenvalue weighted by atomic mass is 32.2. The van der Waals surface area contributed by atoms with Crippen molar-refractivity contribution in [1.29, 1.82) is 0 Å². The molecule has 0 bridgehead atoms. The van der Waals surface area contributed by atoms with Crippen LogP contribution in [-0.2, 0) is 16.0 Å². The molecule has 0 radical (unpaired) electrons. The van der Waals surface area contributed by atoms with Crippen LogP contribution in [0, 0.1) is 0 Å². The summed E-state index contributed by atoms with van der Waals surface area (Å²) in [6.07, 6.45) is 3.85. The fraction of sp³-hybridized carbons (Fsp3) is 0.429. The molecule has 1 unspecified atom stereocenters. The fourth-order valence-corrected chi connectivity index (χ4v) is 5.12. The highest BCUT2D eigenvalue weighted by molar-refractivity contribution is 8.14. The van der Waals surface area contributed by atoms with Crippen LogP contribution in [-0.4, -0.2) is 35.5 Å². The first-order chi connectivity index (χ1) is 16.3. The van der Waals surface area contributed by atoms with Gasteiger partial charge in [-0.15, -0.1) is 11.8 Å². The first kappa shape index (κ1) is 24.4. The summed E-state index contributed by atoms with van der Waals surface area (Å²) < 4.78 is 12.3. The predicted molar refractivity (Wildman–Crippen MR) is 141 cm³/mol. The fourth-order valence-electron chi connectivity index (χ4n) is 3.94. The molecule has 6 heteroatoms. The van der Waals surface area contributed by atoms with E-state index in [0.717, 1.165) is 59.2 Å². The van der Waals surface area contributed by atoms with E-state index < -0.39 is 5.54 Å². The van der Waals surface area contributed by atoms with Gasteiger partial charge in [0, 0.05) is 24.1 Å². The summed E-state index contributed by atoms with van der Waals surface area (Å²) in [5.74, 6) is 2.01. The molecule has 2 aromatic carbocycles. The van der Waals surface area contributed by atoms with E-state index in [1.165, 1.54) is 5.57 Å². The molecule has 1 saturated carbocycles. The molecule has 1 fully saturated rings. The molecule has 34 heavy (non-hydrogen) atoms. The van der Waals surface area contributed by atoms with Crippen molar-refractivity contribution in [3.05, 3.63) is 71.1 Å². The van der Waals surface area contributed by atoms with Gasteiger partial charge in [0.25, 0.3) is 0 Å². The molecule has 1 heterocycles. The van der Waals surface area contributed by atoms with Crippen molar-refractivity contribution in [2.75, 3.05) is 17.7 Å². The summed E-state index contributed by atoms with van der Waals surface area (Å²) in [5, 5.41) is 0.832. The number of aryl methyl sites for hydroxylation is 1. The van der Waals surface area contributed by atoms with Crippen LogP contribution in [0.3, 0.4) is 0 Å². The van der Waals surface area contributed by atoms with Crippen molar-refractivity contribution < 1.29 is 14.3 Å². The number of hydrogen-bond acceptors (Lipinski definition) is 6. The maximum atomic E-state index is 12.7. The zero-order valence-corrected chi connectivity index (χ0v) is 21.6. The van der Waals surface area contributed by atoms with E-state index in [-0.39, 0.29) is 12.1 Å². The largest absolute Gasteiger partial charge is 0.461 e. The van der Waals surface area contributed by atoms with E-state index in [0.29, 0.717) is 5.75 Å². The van der Waals surface area contributed by atoms with Crippen molar-refractivity contribution in [2.45, 2.75) is 65.0 Å². The monoisotopic (exact) mass is 478 g/mol. The molecule has 2 aliphatic rings. The highest BCUT2D eigenvalue weighted by Crippen LogP contribution is 2.40. The average Bonchev–Trinajstić information content (AvgIpc) is 3.58. The van der Waals surface area contributed by atoms with Gasteiger partial charge in [0.05, 0.1) is 6.10 Å². The molecule has 4 rings (SSSR count). The standard InChI is InChI=1S/C28H34N2O3S/c1-6-11-20-12-10-15-23(25-29-28(4,18-34-25)27(31)32-19(2)3)24(20)33-26(21-16-17-21)30(5)22-13-8-7-9-14-22/h7-10,12-15,19H,6,11,16-18H2,1-5H3. The number of carbonyl (C=O) groups excluding carboxylic acids is 1. The molecule has 1 aliphatic carbocycles.